The van der Waals surface area contributed by atoms with E-state index in [4.69, 9.17) is 10.5 Å². The van der Waals surface area contributed by atoms with E-state index in [1.807, 2.05) is 0 Å². The van der Waals surface area contributed by atoms with Gasteiger partial charge in [-0.05, 0) is 46.3 Å². The molecule has 2 saturated heterocycles. The van der Waals surface area contributed by atoms with Crippen molar-refractivity contribution in [1.82, 2.24) is 9.80 Å². The van der Waals surface area contributed by atoms with Gasteiger partial charge in [0, 0.05) is 25.2 Å². The van der Waals surface area contributed by atoms with E-state index >= 15 is 0 Å². The van der Waals surface area contributed by atoms with Gasteiger partial charge in [-0.1, -0.05) is 6.92 Å². The molecule has 0 aromatic heterocycles. The van der Waals surface area contributed by atoms with Crippen LogP contribution in [0.2, 0.25) is 0 Å². The summed E-state index contributed by atoms with van der Waals surface area (Å²) in [5.41, 5.74) is 6.37. The van der Waals surface area contributed by atoms with Gasteiger partial charge in [-0.2, -0.15) is 0 Å². The van der Waals surface area contributed by atoms with Crippen molar-refractivity contribution in [2.45, 2.75) is 51.4 Å². The summed E-state index contributed by atoms with van der Waals surface area (Å²) in [7, 11) is 0. The highest BCUT2D eigenvalue weighted by atomic mass is 16.5. The standard InChI is InChI=1S/C14H29N3O/c1-4-16-7-5-14(11-15,6-8-16)17-9-12(2)18-13(3)10-17/h12-13H,4-11,15H2,1-3H3. The molecule has 0 bridgehead atoms. The third kappa shape index (κ3) is 2.87. The fourth-order valence-electron chi connectivity index (χ4n) is 3.50. The van der Waals surface area contributed by atoms with Gasteiger partial charge in [0.05, 0.1) is 12.2 Å². The molecule has 2 unspecified atom stereocenters. The maximum Gasteiger partial charge on any atom is 0.0678 e. The zero-order valence-corrected chi connectivity index (χ0v) is 12.2. The van der Waals surface area contributed by atoms with Gasteiger partial charge in [0.25, 0.3) is 0 Å². The van der Waals surface area contributed by atoms with Crippen molar-refractivity contribution in [1.29, 1.82) is 0 Å². The second-order valence-corrected chi connectivity index (χ2v) is 6.03. The number of hydrogen-bond acceptors (Lipinski definition) is 4. The molecule has 0 aromatic carbocycles. The Morgan fingerprint density at radius 1 is 1.17 bits per heavy atom. The topological polar surface area (TPSA) is 41.7 Å². The number of piperidine rings is 1. The second kappa shape index (κ2) is 5.87. The zero-order valence-electron chi connectivity index (χ0n) is 12.2. The van der Waals surface area contributed by atoms with E-state index in [1.165, 1.54) is 25.9 Å². The number of morpholine rings is 1. The van der Waals surface area contributed by atoms with Crippen LogP contribution in [0.3, 0.4) is 0 Å². The van der Waals surface area contributed by atoms with Crippen molar-refractivity contribution in [3.8, 4) is 0 Å². The van der Waals surface area contributed by atoms with Gasteiger partial charge < -0.3 is 15.4 Å². The number of hydrogen-bond donors (Lipinski definition) is 1. The fraction of sp³-hybridized carbons (Fsp3) is 1.00. The van der Waals surface area contributed by atoms with Crippen molar-refractivity contribution in [2.24, 2.45) is 5.73 Å². The van der Waals surface area contributed by atoms with Gasteiger partial charge in [-0.15, -0.1) is 0 Å². The van der Waals surface area contributed by atoms with Crippen LogP contribution in [0.4, 0.5) is 0 Å². The highest BCUT2D eigenvalue weighted by Gasteiger charge is 2.41. The van der Waals surface area contributed by atoms with Gasteiger partial charge in [-0.3, -0.25) is 4.90 Å². The largest absolute Gasteiger partial charge is 0.373 e. The lowest BCUT2D eigenvalue weighted by atomic mass is 9.84. The van der Waals surface area contributed by atoms with E-state index in [0.717, 1.165) is 26.2 Å². The summed E-state index contributed by atoms with van der Waals surface area (Å²) in [6.45, 7) is 13.0. The van der Waals surface area contributed by atoms with E-state index in [9.17, 15) is 0 Å². The summed E-state index contributed by atoms with van der Waals surface area (Å²) in [5, 5.41) is 0. The monoisotopic (exact) mass is 255 g/mol. The average Bonchev–Trinajstić information content (AvgIpc) is 2.37. The predicted octanol–water partition coefficient (Wildman–Crippen LogP) is 0.909. The van der Waals surface area contributed by atoms with Crippen LogP contribution < -0.4 is 5.73 Å². The molecule has 2 fully saturated rings. The average molecular weight is 255 g/mol. The summed E-state index contributed by atoms with van der Waals surface area (Å²) in [6.07, 6.45) is 3.08. The molecule has 4 nitrogen and oxygen atoms in total. The molecule has 0 saturated carbocycles. The normalized spacial score (nSPS) is 34.7. The smallest absolute Gasteiger partial charge is 0.0678 e. The Hall–Kier alpha value is -0.160. The lowest BCUT2D eigenvalue weighted by Gasteiger charge is -2.51. The van der Waals surface area contributed by atoms with E-state index in [1.54, 1.807) is 0 Å². The summed E-state index contributed by atoms with van der Waals surface area (Å²) in [5.74, 6) is 0. The van der Waals surface area contributed by atoms with Crippen LogP contribution in [0.5, 0.6) is 0 Å². The Kier molecular flexibility index (Phi) is 4.64. The molecular formula is C14H29N3O. The van der Waals surface area contributed by atoms with Crippen LogP contribution in [0.15, 0.2) is 0 Å². The molecule has 2 aliphatic heterocycles. The zero-order chi connectivity index (χ0) is 13.2. The van der Waals surface area contributed by atoms with Crippen molar-refractivity contribution in [2.75, 3.05) is 39.3 Å². The maximum absolute atomic E-state index is 6.15. The first-order valence-electron chi connectivity index (χ1n) is 7.42. The highest BCUT2D eigenvalue weighted by Crippen LogP contribution is 2.30. The number of rotatable bonds is 3. The first kappa shape index (κ1) is 14.3. The lowest BCUT2D eigenvalue weighted by Crippen LogP contribution is -2.64. The van der Waals surface area contributed by atoms with Crippen LogP contribution in [0.1, 0.15) is 33.6 Å². The molecule has 2 atom stereocenters. The summed E-state index contributed by atoms with van der Waals surface area (Å²) < 4.78 is 5.85. The first-order chi connectivity index (χ1) is 8.59. The first-order valence-corrected chi connectivity index (χ1v) is 7.42. The second-order valence-electron chi connectivity index (χ2n) is 6.03. The van der Waals surface area contributed by atoms with Crippen LogP contribution in [0.25, 0.3) is 0 Å². The highest BCUT2D eigenvalue weighted by molar-refractivity contribution is 4.98. The molecule has 0 aromatic rings. The molecular weight excluding hydrogens is 226 g/mol. The van der Waals surface area contributed by atoms with E-state index in [-0.39, 0.29) is 5.54 Å². The molecule has 2 N–H and O–H groups in total. The third-order valence-electron chi connectivity index (χ3n) is 4.70. The molecule has 0 radical (unpaired) electrons. The van der Waals surface area contributed by atoms with Crippen molar-refractivity contribution >= 4 is 0 Å². The number of likely N-dealkylation sites (tertiary alicyclic amines) is 1. The molecule has 0 amide bonds. The number of nitrogens with zero attached hydrogens (tertiary/aromatic N) is 2. The SMILES string of the molecule is CCN1CCC(CN)(N2CC(C)OC(C)C2)CC1. The van der Waals surface area contributed by atoms with Gasteiger partial charge in [0.2, 0.25) is 0 Å². The minimum atomic E-state index is 0.220. The molecule has 2 aliphatic rings. The molecule has 2 rings (SSSR count). The van der Waals surface area contributed by atoms with Crippen molar-refractivity contribution in [3.05, 3.63) is 0 Å². The molecule has 4 heteroatoms. The number of nitrogens with two attached hydrogens (primary N) is 1. The number of ether oxygens (including phenoxy) is 1. The lowest BCUT2D eigenvalue weighted by molar-refractivity contribution is -0.111. The van der Waals surface area contributed by atoms with Crippen LogP contribution in [0, 0.1) is 0 Å². The summed E-state index contributed by atoms with van der Waals surface area (Å²) in [6, 6.07) is 0. The Labute approximate surface area is 111 Å². The Morgan fingerprint density at radius 2 is 1.72 bits per heavy atom. The predicted molar refractivity (Wildman–Crippen MR) is 74.7 cm³/mol. The minimum absolute atomic E-state index is 0.220. The van der Waals surface area contributed by atoms with Crippen LogP contribution in [-0.2, 0) is 4.74 Å². The molecule has 0 aliphatic carbocycles. The Bertz CT molecular complexity index is 254. The van der Waals surface area contributed by atoms with Crippen LogP contribution in [-0.4, -0.2) is 66.8 Å². The van der Waals surface area contributed by atoms with Gasteiger partial charge in [-0.25, -0.2) is 0 Å². The van der Waals surface area contributed by atoms with Gasteiger partial charge >= 0.3 is 0 Å². The third-order valence-corrected chi connectivity index (χ3v) is 4.70. The van der Waals surface area contributed by atoms with Gasteiger partial charge in [0.1, 0.15) is 0 Å². The van der Waals surface area contributed by atoms with E-state index in [0.29, 0.717) is 12.2 Å². The summed E-state index contributed by atoms with van der Waals surface area (Å²) >= 11 is 0. The van der Waals surface area contributed by atoms with Gasteiger partial charge in [0.15, 0.2) is 0 Å². The molecule has 2 heterocycles. The quantitative estimate of drug-likeness (QED) is 0.814. The van der Waals surface area contributed by atoms with E-state index < -0.39 is 0 Å². The molecule has 106 valence electrons. The Balaban J connectivity index is 2.03. The van der Waals surface area contributed by atoms with Crippen molar-refractivity contribution < 1.29 is 4.74 Å². The maximum atomic E-state index is 6.15. The minimum Gasteiger partial charge on any atom is -0.373 e. The van der Waals surface area contributed by atoms with Crippen LogP contribution >= 0.6 is 0 Å². The van der Waals surface area contributed by atoms with Crippen molar-refractivity contribution in [3.63, 3.8) is 0 Å². The fourth-order valence-corrected chi connectivity index (χ4v) is 3.50. The summed E-state index contributed by atoms with van der Waals surface area (Å²) in [4.78, 5) is 5.14. The molecule has 0 spiro atoms. The van der Waals surface area contributed by atoms with E-state index in [2.05, 4.69) is 30.6 Å². The Morgan fingerprint density at radius 3 is 2.17 bits per heavy atom. The molecule has 18 heavy (non-hydrogen) atoms.